The Morgan fingerprint density at radius 1 is 1.39 bits per heavy atom. The molecule has 0 spiro atoms. The van der Waals surface area contributed by atoms with Gasteiger partial charge >= 0.3 is 5.97 Å². The third-order valence-electron chi connectivity index (χ3n) is 7.90. The van der Waals surface area contributed by atoms with E-state index in [9.17, 15) is 19.1 Å². The van der Waals surface area contributed by atoms with Crippen LogP contribution in [0.15, 0.2) is 12.1 Å². The fourth-order valence-electron chi connectivity index (χ4n) is 5.95. The van der Waals surface area contributed by atoms with Crippen molar-refractivity contribution in [3.05, 3.63) is 56.0 Å². The van der Waals surface area contributed by atoms with Crippen molar-refractivity contribution in [1.29, 1.82) is 0 Å². The van der Waals surface area contributed by atoms with Crippen LogP contribution in [0.4, 0.5) is 4.39 Å². The summed E-state index contributed by atoms with van der Waals surface area (Å²) in [6.45, 7) is 3.72. The monoisotopic (exact) mass is 508 g/mol. The summed E-state index contributed by atoms with van der Waals surface area (Å²) in [4.78, 5) is 29.7. The lowest BCUT2D eigenvalue weighted by atomic mass is 9.81. The second-order valence-electron chi connectivity index (χ2n) is 9.67. The van der Waals surface area contributed by atoms with Crippen LogP contribution in [0.25, 0.3) is 22.3 Å². The number of esters is 1. The maximum atomic E-state index is 14.9. The number of cyclic esters (lactones) is 1. The molecule has 3 aromatic rings. The maximum absolute atomic E-state index is 14.9. The average Bonchev–Trinajstić information content (AvgIpc) is 3.24. The third kappa shape index (κ3) is 2.98. The molecule has 0 saturated carbocycles. The largest absolute Gasteiger partial charge is 0.458 e. The molecule has 2 atom stereocenters. The topological polar surface area (TPSA) is 119 Å². The van der Waals surface area contributed by atoms with E-state index in [0.29, 0.717) is 57.6 Å². The molecule has 0 fully saturated rings. The van der Waals surface area contributed by atoms with Crippen LogP contribution in [0.5, 0.6) is 0 Å². The Morgan fingerprint density at radius 3 is 2.89 bits per heavy atom. The van der Waals surface area contributed by atoms with Gasteiger partial charge in [-0.05, 0) is 48.9 Å². The molecule has 2 aliphatic heterocycles. The van der Waals surface area contributed by atoms with Crippen LogP contribution < -0.4 is 11.1 Å². The quantitative estimate of drug-likeness (QED) is 0.288. The van der Waals surface area contributed by atoms with E-state index in [2.05, 4.69) is 5.32 Å². The number of nitrogens with zero attached hydrogens (tertiary/aromatic N) is 2. The summed E-state index contributed by atoms with van der Waals surface area (Å²) >= 11 is 5.81. The standard InChI is InChI=1S/C26H25FN4O4S/c1-3-26(34)15-6-19-23-13(9-31(19)24(36)14(15)10-35-25(26)33)22-17(29-20(32)8-28)5-4-12-11(2)16(27)7-18(30-23)21(12)22/h6-7,17,34H,3-5,8-10,28H2,1-2H3,(H,29,32)/t17-,26-/m0/s1. The summed E-state index contributed by atoms with van der Waals surface area (Å²) in [5.74, 6) is -1.31. The zero-order chi connectivity index (χ0) is 25.5. The summed E-state index contributed by atoms with van der Waals surface area (Å²) in [6.07, 6.45) is 1.33. The van der Waals surface area contributed by atoms with E-state index in [0.717, 1.165) is 22.1 Å². The molecule has 1 aromatic carbocycles. The Kier molecular flexibility index (Phi) is 5.09. The van der Waals surface area contributed by atoms with Gasteiger partial charge in [0.2, 0.25) is 5.91 Å². The fourth-order valence-corrected chi connectivity index (χ4v) is 6.28. The Hall–Kier alpha value is -3.21. The molecule has 6 rings (SSSR count). The number of ether oxygens (including phenoxy) is 1. The molecule has 0 radical (unpaired) electrons. The van der Waals surface area contributed by atoms with Crippen molar-refractivity contribution in [2.45, 2.75) is 57.9 Å². The van der Waals surface area contributed by atoms with Crippen molar-refractivity contribution in [3.63, 3.8) is 0 Å². The minimum absolute atomic E-state index is 0.0159. The highest BCUT2D eigenvalue weighted by atomic mass is 32.1. The summed E-state index contributed by atoms with van der Waals surface area (Å²) in [7, 11) is 0. The van der Waals surface area contributed by atoms with Crippen LogP contribution in [0.1, 0.15) is 59.2 Å². The van der Waals surface area contributed by atoms with Gasteiger partial charge < -0.3 is 25.5 Å². The van der Waals surface area contributed by atoms with Crippen molar-refractivity contribution in [1.82, 2.24) is 14.9 Å². The second-order valence-corrected chi connectivity index (χ2v) is 10.1. The molecule has 3 aliphatic rings. The first kappa shape index (κ1) is 23.2. The number of hydrogen-bond donors (Lipinski definition) is 3. The van der Waals surface area contributed by atoms with Gasteiger partial charge in [-0.3, -0.25) is 4.79 Å². The summed E-state index contributed by atoms with van der Waals surface area (Å²) < 4.78 is 22.6. The number of nitrogens with one attached hydrogen (secondary N) is 1. The number of aromatic nitrogens is 2. The lowest BCUT2D eigenvalue weighted by Crippen LogP contribution is -2.41. The Morgan fingerprint density at radius 2 is 2.17 bits per heavy atom. The molecule has 0 saturated heterocycles. The minimum Gasteiger partial charge on any atom is -0.458 e. The number of nitrogens with two attached hydrogens (primary N) is 1. The maximum Gasteiger partial charge on any atom is 0.343 e. The summed E-state index contributed by atoms with van der Waals surface area (Å²) in [5.41, 5.74) is 9.81. The van der Waals surface area contributed by atoms with Crippen molar-refractivity contribution >= 4 is 35.0 Å². The number of aliphatic hydroxyl groups is 1. The predicted molar refractivity (Wildman–Crippen MR) is 132 cm³/mol. The predicted octanol–water partition coefficient (Wildman–Crippen LogP) is 2.96. The van der Waals surface area contributed by atoms with Gasteiger partial charge in [0, 0.05) is 28.1 Å². The number of aryl methyl sites for hydroxylation is 1. The van der Waals surface area contributed by atoms with Crippen molar-refractivity contribution < 1.29 is 23.8 Å². The molecular formula is C26H25FN4O4S. The molecule has 4 N–H and O–H groups in total. The van der Waals surface area contributed by atoms with Crippen LogP contribution >= 0.6 is 12.2 Å². The van der Waals surface area contributed by atoms with Gasteiger partial charge in [0.1, 0.15) is 17.1 Å². The number of rotatable bonds is 3. The minimum atomic E-state index is -1.81. The first-order valence-electron chi connectivity index (χ1n) is 12.0. The highest BCUT2D eigenvalue weighted by Gasteiger charge is 2.45. The zero-order valence-electron chi connectivity index (χ0n) is 19.9. The van der Waals surface area contributed by atoms with E-state index < -0.39 is 11.6 Å². The Bertz CT molecular complexity index is 1580. The number of fused-ring (bicyclic) bond motifs is 5. The zero-order valence-corrected chi connectivity index (χ0v) is 20.7. The molecule has 2 aromatic heterocycles. The van der Waals surface area contributed by atoms with Crippen LogP contribution in [0, 0.1) is 17.4 Å². The molecule has 36 heavy (non-hydrogen) atoms. The lowest BCUT2D eigenvalue weighted by molar-refractivity contribution is -0.172. The van der Waals surface area contributed by atoms with Gasteiger partial charge in [0.15, 0.2) is 5.60 Å². The van der Waals surface area contributed by atoms with E-state index in [4.69, 9.17) is 27.7 Å². The van der Waals surface area contributed by atoms with Crippen molar-refractivity contribution in [2.75, 3.05) is 6.54 Å². The highest BCUT2D eigenvalue weighted by Crippen LogP contribution is 2.47. The highest BCUT2D eigenvalue weighted by molar-refractivity contribution is 7.71. The molecule has 186 valence electrons. The normalized spacial score (nSPS) is 21.6. The third-order valence-corrected chi connectivity index (χ3v) is 8.37. The van der Waals surface area contributed by atoms with Gasteiger partial charge in [0.05, 0.1) is 36.0 Å². The number of carbonyl (C=O) groups is 2. The van der Waals surface area contributed by atoms with Gasteiger partial charge in [-0.1, -0.05) is 19.1 Å². The number of halogens is 1. The molecule has 0 unspecified atom stereocenters. The Balaban J connectivity index is 1.66. The molecule has 10 heteroatoms. The summed E-state index contributed by atoms with van der Waals surface area (Å²) in [5, 5.41) is 15.1. The van der Waals surface area contributed by atoms with Crippen LogP contribution in [0.3, 0.4) is 0 Å². The number of hydrogen-bond acceptors (Lipinski definition) is 7. The Labute approximate surface area is 211 Å². The smallest absolute Gasteiger partial charge is 0.343 e. The first-order valence-corrected chi connectivity index (χ1v) is 12.4. The SMILES string of the molecule is CC[C@@]1(O)C(=O)OCc2c1cc1n(c2=S)Cc2c-1nc1cc(F)c(C)c3c1c2[C@@H](NC(=O)CN)CC3. The van der Waals surface area contributed by atoms with E-state index in [1.165, 1.54) is 6.07 Å². The van der Waals surface area contributed by atoms with Crippen LogP contribution in [-0.4, -0.2) is 33.1 Å². The summed E-state index contributed by atoms with van der Waals surface area (Å²) in [6, 6.07) is 2.88. The number of carbonyl (C=O) groups excluding carboxylic acids is 2. The lowest BCUT2D eigenvalue weighted by Gasteiger charge is -2.32. The van der Waals surface area contributed by atoms with Crippen LogP contribution in [0.2, 0.25) is 0 Å². The molecule has 4 heterocycles. The van der Waals surface area contributed by atoms with Gasteiger partial charge in [-0.25, -0.2) is 14.2 Å². The van der Waals surface area contributed by atoms with Crippen molar-refractivity contribution in [2.24, 2.45) is 5.73 Å². The first-order chi connectivity index (χ1) is 17.2. The molecule has 1 aliphatic carbocycles. The number of benzene rings is 1. The molecule has 8 nitrogen and oxygen atoms in total. The number of pyridine rings is 2. The van der Waals surface area contributed by atoms with Crippen LogP contribution in [-0.2, 0) is 39.5 Å². The average molecular weight is 509 g/mol. The van der Waals surface area contributed by atoms with E-state index in [1.54, 1.807) is 19.9 Å². The van der Waals surface area contributed by atoms with Gasteiger partial charge in [-0.2, -0.15) is 0 Å². The molecule has 1 amide bonds. The molecule has 0 bridgehead atoms. The second kappa shape index (κ2) is 7.89. The van der Waals surface area contributed by atoms with Crippen molar-refractivity contribution in [3.8, 4) is 11.4 Å². The number of amides is 1. The van der Waals surface area contributed by atoms with Gasteiger partial charge in [-0.15, -0.1) is 0 Å². The molecular weight excluding hydrogens is 483 g/mol. The van der Waals surface area contributed by atoms with E-state index in [-0.39, 0.29) is 37.3 Å². The van der Waals surface area contributed by atoms with E-state index >= 15 is 0 Å². The van der Waals surface area contributed by atoms with Gasteiger partial charge in [0.25, 0.3) is 0 Å². The van der Waals surface area contributed by atoms with E-state index in [1.807, 2.05) is 4.57 Å². The fraction of sp³-hybridized carbons (Fsp3) is 0.385.